The van der Waals surface area contributed by atoms with Crippen molar-refractivity contribution in [3.05, 3.63) is 88.4 Å². The van der Waals surface area contributed by atoms with Crippen LogP contribution in [-0.2, 0) is 18.4 Å². The first kappa shape index (κ1) is 22.7. The van der Waals surface area contributed by atoms with Crippen molar-refractivity contribution in [3.8, 4) is 12.1 Å². The van der Waals surface area contributed by atoms with Crippen LogP contribution in [0.15, 0.2) is 54.9 Å². The summed E-state index contributed by atoms with van der Waals surface area (Å²) < 4.78 is 0. The maximum atomic E-state index is 13.4. The van der Waals surface area contributed by atoms with Crippen molar-refractivity contribution in [2.24, 2.45) is 0 Å². The molecular formula is C28H26N6O. The molecule has 1 aromatic carbocycles. The second-order valence-corrected chi connectivity index (χ2v) is 9.31. The SMILES string of the molecule is Cc1cc2c(cc1CN1CCC(C#N)(c3ccccn3)CC1)C(=O)N(c1ncccc1C#N)CC2. The molecule has 0 unspecified atom stereocenters. The number of nitriles is 2. The summed E-state index contributed by atoms with van der Waals surface area (Å²) in [5.74, 6) is 0.311. The highest BCUT2D eigenvalue weighted by Crippen LogP contribution is 2.35. The Morgan fingerprint density at radius 1 is 1.03 bits per heavy atom. The Morgan fingerprint density at radius 2 is 1.83 bits per heavy atom. The van der Waals surface area contributed by atoms with Gasteiger partial charge in [-0.05, 0) is 73.2 Å². The summed E-state index contributed by atoms with van der Waals surface area (Å²) in [5, 5.41) is 19.4. The van der Waals surface area contributed by atoms with Gasteiger partial charge in [0, 0.05) is 44.1 Å². The van der Waals surface area contributed by atoms with Gasteiger partial charge >= 0.3 is 0 Å². The Balaban J connectivity index is 1.35. The van der Waals surface area contributed by atoms with Crippen LogP contribution < -0.4 is 4.90 Å². The number of amides is 1. The molecule has 1 amide bonds. The van der Waals surface area contributed by atoms with Gasteiger partial charge in [-0.3, -0.25) is 19.6 Å². The number of nitrogens with zero attached hydrogens (tertiary/aromatic N) is 6. The fraction of sp³-hybridized carbons (Fsp3) is 0.321. The van der Waals surface area contributed by atoms with E-state index in [0.29, 0.717) is 23.5 Å². The smallest absolute Gasteiger partial charge is 0.259 e. The molecule has 3 aromatic rings. The topological polar surface area (TPSA) is 96.9 Å². The van der Waals surface area contributed by atoms with Crippen molar-refractivity contribution in [1.82, 2.24) is 14.9 Å². The molecule has 2 aliphatic heterocycles. The average Bonchev–Trinajstić information content (AvgIpc) is 2.91. The number of hydrogen-bond acceptors (Lipinski definition) is 6. The zero-order valence-electron chi connectivity index (χ0n) is 19.7. The molecule has 0 spiro atoms. The molecule has 0 aliphatic carbocycles. The molecule has 7 nitrogen and oxygen atoms in total. The van der Waals surface area contributed by atoms with Crippen LogP contribution in [0.4, 0.5) is 5.82 Å². The van der Waals surface area contributed by atoms with E-state index in [9.17, 15) is 15.3 Å². The molecule has 0 bridgehead atoms. The van der Waals surface area contributed by atoms with E-state index in [1.807, 2.05) is 24.3 Å². The van der Waals surface area contributed by atoms with Crippen molar-refractivity contribution < 1.29 is 4.79 Å². The summed E-state index contributed by atoms with van der Waals surface area (Å²) in [6, 6.07) is 18.0. The molecule has 0 radical (unpaired) electrons. The Hall–Kier alpha value is -4.07. The number of hydrogen-bond donors (Lipinski definition) is 0. The molecule has 0 atom stereocenters. The van der Waals surface area contributed by atoms with E-state index in [-0.39, 0.29) is 5.91 Å². The lowest BCUT2D eigenvalue weighted by Gasteiger charge is -2.37. The van der Waals surface area contributed by atoms with Crippen LogP contribution in [-0.4, -0.2) is 40.4 Å². The Labute approximate surface area is 205 Å². The third-order valence-electron chi connectivity index (χ3n) is 7.28. The highest BCUT2D eigenvalue weighted by atomic mass is 16.2. The van der Waals surface area contributed by atoms with Crippen LogP contribution in [0.1, 0.15) is 51.1 Å². The van der Waals surface area contributed by atoms with Crippen LogP contribution in [0.3, 0.4) is 0 Å². The van der Waals surface area contributed by atoms with Gasteiger partial charge in [0.2, 0.25) is 0 Å². The molecule has 2 aromatic heterocycles. The van der Waals surface area contributed by atoms with Crippen molar-refractivity contribution in [2.45, 2.75) is 38.1 Å². The molecule has 0 N–H and O–H groups in total. The molecule has 5 rings (SSSR count). The highest BCUT2D eigenvalue weighted by Gasteiger charge is 2.38. The number of carbonyl (C=O) groups is 1. The zero-order valence-corrected chi connectivity index (χ0v) is 19.7. The summed E-state index contributed by atoms with van der Waals surface area (Å²) in [6.45, 7) is 4.91. The van der Waals surface area contributed by atoms with Crippen molar-refractivity contribution >= 4 is 11.7 Å². The van der Waals surface area contributed by atoms with Gasteiger partial charge in [-0.15, -0.1) is 0 Å². The van der Waals surface area contributed by atoms with Crippen LogP contribution in [0.5, 0.6) is 0 Å². The van der Waals surface area contributed by atoms with Gasteiger partial charge in [0.25, 0.3) is 5.91 Å². The second-order valence-electron chi connectivity index (χ2n) is 9.31. The minimum Gasteiger partial charge on any atom is -0.299 e. The number of benzene rings is 1. The summed E-state index contributed by atoms with van der Waals surface area (Å²) in [7, 11) is 0. The van der Waals surface area contributed by atoms with Crippen molar-refractivity contribution in [3.63, 3.8) is 0 Å². The number of likely N-dealkylation sites (tertiary alicyclic amines) is 1. The maximum Gasteiger partial charge on any atom is 0.259 e. The maximum absolute atomic E-state index is 13.4. The van der Waals surface area contributed by atoms with E-state index >= 15 is 0 Å². The van der Waals surface area contributed by atoms with E-state index in [1.165, 1.54) is 5.56 Å². The largest absolute Gasteiger partial charge is 0.299 e. The second kappa shape index (κ2) is 9.29. The zero-order chi connectivity index (χ0) is 24.4. The molecule has 35 heavy (non-hydrogen) atoms. The fourth-order valence-corrected chi connectivity index (χ4v) is 5.17. The van der Waals surface area contributed by atoms with Gasteiger partial charge in [-0.2, -0.15) is 10.5 Å². The molecule has 1 saturated heterocycles. The van der Waals surface area contributed by atoms with Gasteiger partial charge in [-0.25, -0.2) is 4.98 Å². The van der Waals surface area contributed by atoms with Crippen LogP contribution >= 0.6 is 0 Å². The lowest BCUT2D eigenvalue weighted by atomic mass is 9.76. The minimum absolute atomic E-state index is 0.111. The van der Waals surface area contributed by atoms with Gasteiger partial charge in [0.05, 0.1) is 17.3 Å². The standard InChI is InChI=1S/C28H26N6O/c1-20-15-21-7-12-34(26-22(17-29)5-4-11-32-26)27(35)24(21)16-23(20)18-33-13-8-28(19-30,9-14-33)25-6-2-3-10-31-25/h2-6,10-11,15-16H,7-9,12-14,18H2,1H3. The van der Waals surface area contributed by atoms with Crippen molar-refractivity contribution in [2.75, 3.05) is 24.5 Å². The lowest BCUT2D eigenvalue weighted by Crippen LogP contribution is -2.42. The van der Waals surface area contributed by atoms with Crippen LogP contribution in [0.25, 0.3) is 0 Å². The molecule has 0 saturated carbocycles. The number of anilines is 1. The third-order valence-corrected chi connectivity index (χ3v) is 7.28. The number of piperidine rings is 1. The van der Waals surface area contributed by atoms with Gasteiger partial charge < -0.3 is 0 Å². The first-order valence-corrected chi connectivity index (χ1v) is 11.9. The van der Waals surface area contributed by atoms with Crippen LogP contribution in [0, 0.1) is 29.6 Å². The van der Waals surface area contributed by atoms with E-state index < -0.39 is 5.41 Å². The molecule has 174 valence electrons. The van der Waals surface area contributed by atoms with Gasteiger partial charge in [-0.1, -0.05) is 12.1 Å². The van der Waals surface area contributed by atoms with Crippen LogP contribution in [0.2, 0.25) is 0 Å². The summed E-state index contributed by atoms with van der Waals surface area (Å²) >= 11 is 0. The first-order valence-electron chi connectivity index (χ1n) is 11.9. The van der Waals surface area contributed by atoms with Crippen molar-refractivity contribution in [1.29, 1.82) is 10.5 Å². The fourth-order valence-electron chi connectivity index (χ4n) is 5.17. The van der Waals surface area contributed by atoms with E-state index in [4.69, 9.17) is 0 Å². The predicted molar refractivity (Wildman–Crippen MR) is 132 cm³/mol. The van der Waals surface area contributed by atoms with E-state index in [1.54, 1.807) is 29.4 Å². The van der Waals surface area contributed by atoms with E-state index in [2.05, 4.69) is 40.0 Å². The normalized spacial score (nSPS) is 17.3. The number of aryl methyl sites for hydroxylation is 1. The number of fused-ring (bicyclic) bond motifs is 1. The quantitative estimate of drug-likeness (QED) is 0.583. The lowest BCUT2D eigenvalue weighted by molar-refractivity contribution is 0.0979. The molecule has 2 aliphatic rings. The molecule has 7 heteroatoms. The Kier molecular flexibility index (Phi) is 6.03. The summed E-state index contributed by atoms with van der Waals surface area (Å²) in [4.78, 5) is 26.2. The van der Waals surface area contributed by atoms with Gasteiger partial charge in [0.15, 0.2) is 5.82 Å². The number of pyridine rings is 2. The number of carbonyl (C=O) groups excluding carboxylic acids is 1. The summed E-state index contributed by atoms with van der Waals surface area (Å²) in [6.07, 6.45) is 5.55. The monoisotopic (exact) mass is 462 g/mol. The Morgan fingerprint density at radius 3 is 2.54 bits per heavy atom. The summed E-state index contributed by atoms with van der Waals surface area (Å²) in [5.41, 5.74) is 4.72. The molecule has 4 heterocycles. The number of rotatable bonds is 4. The van der Waals surface area contributed by atoms with E-state index in [0.717, 1.165) is 55.7 Å². The molecule has 1 fully saturated rings. The third kappa shape index (κ3) is 4.16. The number of aromatic nitrogens is 2. The minimum atomic E-state index is -0.541. The highest BCUT2D eigenvalue weighted by molar-refractivity contribution is 6.08. The molecular weight excluding hydrogens is 436 g/mol. The Bertz CT molecular complexity index is 1350. The first-order chi connectivity index (χ1) is 17.0. The predicted octanol–water partition coefficient (Wildman–Crippen LogP) is 3.92. The average molecular weight is 463 g/mol. The van der Waals surface area contributed by atoms with Gasteiger partial charge in [0.1, 0.15) is 11.5 Å².